The van der Waals surface area contributed by atoms with Gasteiger partial charge in [-0.25, -0.2) is 9.97 Å². The second kappa shape index (κ2) is 6.22. The lowest BCUT2D eigenvalue weighted by molar-refractivity contribution is 0.360. The van der Waals surface area contributed by atoms with Crippen LogP contribution in [0.3, 0.4) is 0 Å². The van der Waals surface area contributed by atoms with E-state index in [9.17, 15) is 5.26 Å². The molecule has 0 N–H and O–H groups in total. The van der Waals surface area contributed by atoms with Gasteiger partial charge in [-0.15, -0.1) is 0 Å². The molecule has 0 spiro atoms. The van der Waals surface area contributed by atoms with Crippen LogP contribution in [-0.2, 0) is 0 Å². The summed E-state index contributed by atoms with van der Waals surface area (Å²) in [7, 11) is 2.17. The smallest absolute Gasteiger partial charge is 0.157 e. The zero-order valence-electron chi connectivity index (χ0n) is 15.3. The van der Waals surface area contributed by atoms with Gasteiger partial charge >= 0.3 is 0 Å². The number of hydrogen-bond donors (Lipinski definition) is 0. The number of imidazole rings is 1. The van der Waals surface area contributed by atoms with Gasteiger partial charge in [-0.2, -0.15) is 5.26 Å². The van der Waals surface area contributed by atoms with Gasteiger partial charge in [-0.3, -0.25) is 4.40 Å². The molecule has 0 atom stereocenters. The number of fused-ring (bicyclic) bond motifs is 5. The molecule has 3 aromatic heterocycles. The number of nitrogens with zero attached hydrogens (tertiary/aromatic N) is 6. The minimum atomic E-state index is 0.574. The number of pyridine rings is 2. The lowest BCUT2D eigenvalue weighted by atomic mass is 10.2. The Morgan fingerprint density at radius 1 is 0.963 bits per heavy atom. The SMILES string of the molecule is CN1CCCN(c2ccc3cc(C#N)c4nc5ccccc5n4c3n2)CC1. The first kappa shape index (κ1) is 16.0. The van der Waals surface area contributed by atoms with Crippen LogP contribution in [0.2, 0.25) is 0 Å². The highest BCUT2D eigenvalue weighted by Crippen LogP contribution is 2.27. The van der Waals surface area contributed by atoms with E-state index in [4.69, 9.17) is 4.98 Å². The Balaban J connectivity index is 1.76. The summed E-state index contributed by atoms with van der Waals surface area (Å²) >= 11 is 0. The van der Waals surface area contributed by atoms with Crippen LogP contribution in [-0.4, -0.2) is 52.5 Å². The third-order valence-corrected chi connectivity index (χ3v) is 5.37. The molecule has 1 saturated heterocycles. The minimum absolute atomic E-state index is 0.574. The summed E-state index contributed by atoms with van der Waals surface area (Å²) in [5.41, 5.74) is 3.96. The Bertz CT molecular complexity index is 1200. The maximum atomic E-state index is 9.60. The zero-order valence-corrected chi connectivity index (χ0v) is 15.3. The summed E-state index contributed by atoms with van der Waals surface area (Å²) in [6.07, 6.45) is 1.13. The summed E-state index contributed by atoms with van der Waals surface area (Å²) in [6.45, 7) is 4.13. The van der Waals surface area contributed by atoms with Crippen molar-refractivity contribution in [1.82, 2.24) is 19.3 Å². The van der Waals surface area contributed by atoms with Crippen molar-refractivity contribution in [3.05, 3.63) is 48.0 Å². The van der Waals surface area contributed by atoms with Crippen molar-refractivity contribution in [2.75, 3.05) is 38.1 Å². The standard InChI is InChI=1S/C21H20N6/c1-25-9-4-10-26(12-11-25)19-8-7-15-13-16(14-22)21-23-17-5-2-3-6-18(17)27(21)20(15)24-19/h2-3,5-8,13H,4,9-12H2,1H3. The molecule has 5 rings (SSSR count). The molecule has 0 amide bonds. The van der Waals surface area contributed by atoms with Gasteiger partial charge in [-0.05, 0) is 50.3 Å². The molecule has 1 aromatic carbocycles. The lowest BCUT2D eigenvalue weighted by Crippen LogP contribution is -2.29. The molecule has 134 valence electrons. The fourth-order valence-corrected chi connectivity index (χ4v) is 3.92. The van der Waals surface area contributed by atoms with Crippen molar-refractivity contribution in [2.24, 2.45) is 0 Å². The van der Waals surface area contributed by atoms with E-state index in [1.54, 1.807) is 0 Å². The van der Waals surface area contributed by atoms with Crippen LogP contribution in [0.4, 0.5) is 5.82 Å². The first-order valence-corrected chi connectivity index (χ1v) is 9.29. The maximum absolute atomic E-state index is 9.60. The summed E-state index contributed by atoms with van der Waals surface area (Å²) < 4.78 is 2.02. The number of anilines is 1. The van der Waals surface area contributed by atoms with Crippen molar-refractivity contribution < 1.29 is 0 Å². The maximum Gasteiger partial charge on any atom is 0.157 e. The average molecular weight is 356 g/mol. The highest BCUT2D eigenvalue weighted by atomic mass is 15.2. The van der Waals surface area contributed by atoms with Crippen LogP contribution in [0.15, 0.2) is 42.5 Å². The quantitative estimate of drug-likeness (QED) is 0.525. The van der Waals surface area contributed by atoms with E-state index in [2.05, 4.69) is 40.0 Å². The molecule has 4 aromatic rings. The van der Waals surface area contributed by atoms with Crippen molar-refractivity contribution in [2.45, 2.75) is 6.42 Å². The van der Waals surface area contributed by atoms with E-state index in [1.165, 1.54) is 0 Å². The van der Waals surface area contributed by atoms with Crippen LogP contribution in [0.1, 0.15) is 12.0 Å². The lowest BCUT2D eigenvalue weighted by Gasteiger charge is -2.22. The Morgan fingerprint density at radius 3 is 2.74 bits per heavy atom. The van der Waals surface area contributed by atoms with Gasteiger partial charge in [0.05, 0.1) is 16.6 Å². The van der Waals surface area contributed by atoms with Gasteiger partial charge in [0.2, 0.25) is 0 Å². The fraction of sp³-hybridized carbons (Fsp3) is 0.286. The molecule has 0 radical (unpaired) electrons. The Kier molecular flexibility index (Phi) is 3.69. The average Bonchev–Trinajstić information content (AvgIpc) is 2.96. The normalized spacial score (nSPS) is 16.1. The van der Waals surface area contributed by atoms with Crippen molar-refractivity contribution in [1.29, 1.82) is 5.26 Å². The molecule has 0 saturated carbocycles. The minimum Gasteiger partial charge on any atom is -0.355 e. The molecule has 27 heavy (non-hydrogen) atoms. The predicted molar refractivity (Wildman–Crippen MR) is 107 cm³/mol. The molecule has 4 heterocycles. The van der Waals surface area contributed by atoms with Crippen molar-refractivity contribution in [3.8, 4) is 6.07 Å². The molecule has 6 nitrogen and oxygen atoms in total. The van der Waals surface area contributed by atoms with E-state index in [1.807, 2.05) is 34.7 Å². The second-order valence-electron chi connectivity index (χ2n) is 7.16. The molecule has 1 aliphatic heterocycles. The third-order valence-electron chi connectivity index (χ3n) is 5.37. The number of rotatable bonds is 1. The van der Waals surface area contributed by atoms with Crippen molar-refractivity contribution in [3.63, 3.8) is 0 Å². The molecule has 0 bridgehead atoms. The van der Waals surface area contributed by atoms with E-state index in [0.29, 0.717) is 11.2 Å². The Labute approximate surface area is 157 Å². The number of likely N-dealkylation sites (N-methyl/N-ethyl adjacent to an activating group) is 1. The van der Waals surface area contributed by atoms with Crippen LogP contribution in [0.5, 0.6) is 0 Å². The summed E-state index contributed by atoms with van der Waals surface area (Å²) in [5, 5.41) is 10.6. The van der Waals surface area contributed by atoms with E-state index in [0.717, 1.165) is 60.5 Å². The monoisotopic (exact) mass is 356 g/mol. The number of nitriles is 1. The Hall–Kier alpha value is -3.17. The van der Waals surface area contributed by atoms with E-state index >= 15 is 0 Å². The number of hydrogen-bond acceptors (Lipinski definition) is 5. The van der Waals surface area contributed by atoms with Gasteiger partial charge in [0, 0.05) is 25.0 Å². The Morgan fingerprint density at radius 2 is 1.85 bits per heavy atom. The second-order valence-corrected chi connectivity index (χ2v) is 7.16. The number of benzene rings is 1. The van der Waals surface area contributed by atoms with E-state index < -0.39 is 0 Å². The summed E-state index contributed by atoms with van der Waals surface area (Å²) in [5.74, 6) is 0.988. The van der Waals surface area contributed by atoms with Gasteiger partial charge in [0.15, 0.2) is 5.65 Å². The molecule has 1 aliphatic rings. The van der Waals surface area contributed by atoms with Gasteiger partial charge in [0.1, 0.15) is 17.5 Å². The topological polar surface area (TPSA) is 60.5 Å². The van der Waals surface area contributed by atoms with Gasteiger partial charge < -0.3 is 9.80 Å². The highest BCUT2D eigenvalue weighted by molar-refractivity contribution is 5.91. The van der Waals surface area contributed by atoms with Crippen LogP contribution < -0.4 is 4.90 Å². The van der Waals surface area contributed by atoms with Crippen LogP contribution in [0.25, 0.3) is 27.7 Å². The predicted octanol–water partition coefficient (Wildman–Crippen LogP) is 3.05. The van der Waals surface area contributed by atoms with Crippen molar-refractivity contribution >= 4 is 33.5 Å². The third kappa shape index (κ3) is 2.59. The first-order chi connectivity index (χ1) is 13.2. The number of aromatic nitrogens is 3. The van der Waals surface area contributed by atoms with Crippen LogP contribution in [0, 0.1) is 11.3 Å². The molecule has 0 aliphatic carbocycles. The van der Waals surface area contributed by atoms with E-state index in [-0.39, 0.29) is 0 Å². The molecular formula is C21H20N6. The largest absolute Gasteiger partial charge is 0.355 e. The zero-order chi connectivity index (χ0) is 18.4. The number of para-hydroxylation sites is 2. The molecule has 0 unspecified atom stereocenters. The molecule has 1 fully saturated rings. The summed E-state index contributed by atoms with van der Waals surface area (Å²) in [4.78, 5) is 14.4. The fourth-order valence-electron chi connectivity index (χ4n) is 3.92. The highest BCUT2D eigenvalue weighted by Gasteiger charge is 2.17. The summed E-state index contributed by atoms with van der Waals surface area (Å²) in [6, 6.07) is 16.3. The molecule has 6 heteroatoms. The van der Waals surface area contributed by atoms with Crippen LogP contribution >= 0.6 is 0 Å². The van der Waals surface area contributed by atoms with Gasteiger partial charge in [-0.1, -0.05) is 12.1 Å². The first-order valence-electron chi connectivity index (χ1n) is 9.29. The van der Waals surface area contributed by atoms with Gasteiger partial charge in [0.25, 0.3) is 0 Å². The molecular weight excluding hydrogens is 336 g/mol.